The highest BCUT2D eigenvalue weighted by Gasteiger charge is 2.07. The Hall–Kier alpha value is -3.09. The van der Waals surface area contributed by atoms with Gasteiger partial charge in [0, 0.05) is 17.4 Å². The lowest BCUT2D eigenvalue weighted by Crippen LogP contribution is -2.34. The number of hydrogen-bond acceptors (Lipinski definition) is 5. The standard InChI is InChI=1S/C17H20N6O/c1-11-9-15(21-16(18)19-11)22-23-17(24)20-14-8-7-12-5-3-2-4-6-13(12)10-14/h4,6-10H,2-3,5H2,1H3,(H2,20,23,24)(H3,18,19,21,22). The number of nitrogens with one attached hydrogen (secondary N) is 3. The lowest BCUT2D eigenvalue weighted by atomic mass is 10.0. The van der Waals surface area contributed by atoms with Crippen molar-refractivity contribution in [2.75, 3.05) is 16.5 Å². The molecule has 0 saturated heterocycles. The van der Waals surface area contributed by atoms with Crippen molar-refractivity contribution in [2.24, 2.45) is 0 Å². The van der Waals surface area contributed by atoms with E-state index in [4.69, 9.17) is 5.73 Å². The zero-order valence-electron chi connectivity index (χ0n) is 13.5. The Balaban J connectivity index is 1.61. The highest BCUT2D eigenvalue weighted by molar-refractivity contribution is 5.90. The summed E-state index contributed by atoms with van der Waals surface area (Å²) in [5.74, 6) is 0.581. The van der Waals surface area contributed by atoms with Gasteiger partial charge in [-0.3, -0.25) is 10.9 Å². The van der Waals surface area contributed by atoms with Crippen LogP contribution in [0.25, 0.3) is 6.08 Å². The third kappa shape index (κ3) is 4.01. The van der Waals surface area contributed by atoms with Crippen LogP contribution in [0.4, 0.5) is 22.2 Å². The molecule has 1 heterocycles. The van der Waals surface area contributed by atoms with E-state index in [0.29, 0.717) is 11.5 Å². The zero-order valence-corrected chi connectivity index (χ0v) is 13.5. The molecule has 124 valence electrons. The number of amides is 2. The van der Waals surface area contributed by atoms with Crippen LogP contribution in [0.15, 0.2) is 30.3 Å². The summed E-state index contributed by atoms with van der Waals surface area (Å²) < 4.78 is 0. The molecular formula is C17H20N6O. The van der Waals surface area contributed by atoms with Gasteiger partial charge in [0.05, 0.1) is 0 Å². The molecule has 1 aromatic heterocycles. The Morgan fingerprint density at radius 1 is 1.25 bits per heavy atom. The van der Waals surface area contributed by atoms with Gasteiger partial charge in [0.15, 0.2) is 0 Å². The maximum absolute atomic E-state index is 12.0. The smallest absolute Gasteiger partial charge is 0.337 e. The average molecular weight is 324 g/mol. The van der Waals surface area contributed by atoms with E-state index in [0.717, 1.165) is 30.5 Å². The number of rotatable bonds is 3. The summed E-state index contributed by atoms with van der Waals surface area (Å²) in [4.78, 5) is 20.0. The largest absolute Gasteiger partial charge is 0.368 e. The van der Waals surface area contributed by atoms with E-state index in [1.165, 1.54) is 5.56 Å². The van der Waals surface area contributed by atoms with Gasteiger partial charge in [-0.25, -0.2) is 9.78 Å². The first kappa shape index (κ1) is 15.8. The summed E-state index contributed by atoms with van der Waals surface area (Å²) in [7, 11) is 0. The first-order chi connectivity index (χ1) is 11.6. The zero-order chi connectivity index (χ0) is 16.9. The van der Waals surface area contributed by atoms with Crippen LogP contribution in [-0.2, 0) is 6.42 Å². The summed E-state index contributed by atoms with van der Waals surface area (Å²) in [5, 5.41) is 2.79. The van der Waals surface area contributed by atoms with Crippen molar-refractivity contribution in [2.45, 2.75) is 26.2 Å². The molecule has 0 radical (unpaired) electrons. The summed E-state index contributed by atoms with van der Waals surface area (Å²) in [5.41, 5.74) is 14.7. The third-order valence-electron chi connectivity index (χ3n) is 3.69. The lowest BCUT2D eigenvalue weighted by molar-refractivity contribution is 0.254. The van der Waals surface area contributed by atoms with Crippen molar-refractivity contribution in [1.29, 1.82) is 0 Å². The van der Waals surface area contributed by atoms with E-state index in [1.807, 2.05) is 12.1 Å². The molecule has 0 fully saturated rings. The summed E-state index contributed by atoms with van der Waals surface area (Å²) in [6.07, 6.45) is 7.57. The monoisotopic (exact) mass is 324 g/mol. The van der Waals surface area contributed by atoms with Crippen LogP contribution in [0.3, 0.4) is 0 Å². The number of nitrogens with two attached hydrogens (primary N) is 1. The molecule has 1 aliphatic carbocycles. The number of aromatic nitrogens is 2. The van der Waals surface area contributed by atoms with E-state index in [2.05, 4.69) is 44.4 Å². The van der Waals surface area contributed by atoms with Crippen LogP contribution in [-0.4, -0.2) is 16.0 Å². The lowest BCUT2D eigenvalue weighted by Gasteiger charge is -2.11. The van der Waals surface area contributed by atoms with Gasteiger partial charge >= 0.3 is 6.03 Å². The molecule has 3 rings (SSSR count). The number of fused-ring (bicyclic) bond motifs is 1. The van der Waals surface area contributed by atoms with Crippen molar-refractivity contribution in [1.82, 2.24) is 15.4 Å². The molecule has 7 heteroatoms. The molecule has 0 aliphatic heterocycles. The number of aryl methyl sites for hydroxylation is 2. The number of nitrogens with zero attached hydrogens (tertiary/aromatic N) is 2. The van der Waals surface area contributed by atoms with Gasteiger partial charge in [-0.05, 0) is 49.4 Å². The molecule has 2 amide bonds. The molecule has 0 bridgehead atoms. The summed E-state index contributed by atoms with van der Waals surface area (Å²) in [6, 6.07) is 7.24. The van der Waals surface area contributed by atoms with Gasteiger partial charge in [0.2, 0.25) is 5.95 Å². The van der Waals surface area contributed by atoms with Crippen molar-refractivity contribution in [3.63, 3.8) is 0 Å². The molecule has 5 N–H and O–H groups in total. The third-order valence-corrected chi connectivity index (χ3v) is 3.69. The number of carbonyl (C=O) groups excluding carboxylic acids is 1. The first-order valence-electron chi connectivity index (χ1n) is 7.84. The van der Waals surface area contributed by atoms with Crippen LogP contribution in [0.5, 0.6) is 0 Å². The van der Waals surface area contributed by atoms with Crippen molar-refractivity contribution in [3.05, 3.63) is 47.2 Å². The first-order valence-corrected chi connectivity index (χ1v) is 7.84. The fraction of sp³-hybridized carbons (Fsp3) is 0.235. The topological polar surface area (TPSA) is 105 Å². The molecule has 7 nitrogen and oxygen atoms in total. The quantitative estimate of drug-likeness (QED) is 0.650. The second kappa shape index (κ2) is 6.99. The number of benzene rings is 1. The Labute approximate surface area is 140 Å². The maximum atomic E-state index is 12.0. The molecular weight excluding hydrogens is 304 g/mol. The van der Waals surface area contributed by atoms with Gasteiger partial charge < -0.3 is 11.1 Å². The second-order valence-corrected chi connectivity index (χ2v) is 5.67. The minimum atomic E-state index is -0.387. The summed E-state index contributed by atoms with van der Waals surface area (Å²) in [6.45, 7) is 1.80. The van der Waals surface area contributed by atoms with Crippen molar-refractivity contribution in [3.8, 4) is 0 Å². The Morgan fingerprint density at radius 2 is 2.12 bits per heavy atom. The maximum Gasteiger partial charge on any atom is 0.337 e. The second-order valence-electron chi connectivity index (χ2n) is 5.67. The molecule has 0 spiro atoms. The fourth-order valence-corrected chi connectivity index (χ4v) is 2.61. The van der Waals surface area contributed by atoms with Crippen LogP contribution < -0.4 is 21.9 Å². The van der Waals surface area contributed by atoms with Gasteiger partial charge in [-0.15, -0.1) is 0 Å². The number of anilines is 3. The van der Waals surface area contributed by atoms with Crippen LogP contribution >= 0.6 is 0 Å². The van der Waals surface area contributed by atoms with Crippen LogP contribution in [0.2, 0.25) is 0 Å². The SMILES string of the molecule is Cc1cc(NNC(=O)Nc2ccc3c(c2)C=CCCC3)nc(N)n1. The van der Waals surface area contributed by atoms with E-state index in [9.17, 15) is 4.79 Å². The Kier molecular flexibility index (Phi) is 4.60. The number of nitrogen functional groups attached to an aromatic ring is 1. The molecule has 1 aliphatic rings. The minimum Gasteiger partial charge on any atom is -0.368 e. The highest BCUT2D eigenvalue weighted by Crippen LogP contribution is 2.22. The van der Waals surface area contributed by atoms with Gasteiger partial charge in [-0.1, -0.05) is 18.2 Å². The molecule has 0 atom stereocenters. The van der Waals surface area contributed by atoms with Gasteiger partial charge in [0.25, 0.3) is 0 Å². The van der Waals surface area contributed by atoms with Crippen molar-refractivity contribution < 1.29 is 4.79 Å². The Bertz CT molecular complexity index is 766. The predicted octanol–water partition coefficient (Wildman–Crippen LogP) is 2.87. The molecule has 0 saturated carbocycles. The number of hydrazine groups is 1. The van der Waals surface area contributed by atoms with E-state index in [-0.39, 0.29) is 12.0 Å². The number of allylic oxidation sites excluding steroid dienone is 1. The minimum absolute atomic E-state index is 0.150. The van der Waals surface area contributed by atoms with E-state index >= 15 is 0 Å². The number of carbonyl (C=O) groups is 1. The van der Waals surface area contributed by atoms with Gasteiger partial charge in [-0.2, -0.15) is 4.98 Å². The van der Waals surface area contributed by atoms with Crippen LogP contribution in [0.1, 0.15) is 29.7 Å². The van der Waals surface area contributed by atoms with E-state index < -0.39 is 0 Å². The van der Waals surface area contributed by atoms with Gasteiger partial charge in [0.1, 0.15) is 5.82 Å². The van der Waals surface area contributed by atoms with Crippen molar-refractivity contribution >= 4 is 29.6 Å². The average Bonchev–Trinajstić information content (AvgIpc) is 2.77. The normalized spacial score (nSPS) is 12.9. The van der Waals surface area contributed by atoms with E-state index in [1.54, 1.807) is 13.0 Å². The number of hydrogen-bond donors (Lipinski definition) is 4. The molecule has 24 heavy (non-hydrogen) atoms. The number of urea groups is 1. The Morgan fingerprint density at radius 3 is 2.96 bits per heavy atom. The molecule has 0 unspecified atom stereocenters. The fourth-order valence-electron chi connectivity index (χ4n) is 2.61. The molecule has 1 aromatic carbocycles. The molecule has 2 aromatic rings. The van der Waals surface area contributed by atoms with Crippen LogP contribution in [0, 0.1) is 6.92 Å². The summed E-state index contributed by atoms with van der Waals surface area (Å²) >= 11 is 0. The highest BCUT2D eigenvalue weighted by atomic mass is 16.2. The predicted molar refractivity (Wildman–Crippen MR) is 95.4 cm³/mol.